The first kappa shape index (κ1) is 45.2. The average Bonchev–Trinajstić information content (AvgIpc) is 4.04. The van der Waals surface area contributed by atoms with Crippen LogP contribution in [0.3, 0.4) is 0 Å². The number of carbonyl (C=O) groups excluding carboxylic acids is 2. The van der Waals surface area contributed by atoms with Gasteiger partial charge in [0.1, 0.15) is 48.1 Å². The van der Waals surface area contributed by atoms with Crippen LogP contribution in [0.25, 0.3) is 5.69 Å². The second-order valence-electron chi connectivity index (χ2n) is 15.7. The second-order valence-corrected chi connectivity index (χ2v) is 15.7. The smallest absolute Gasteiger partial charge is 0.493 e. The number of esters is 1. The Bertz CT molecular complexity index is 2420. The zero-order valence-corrected chi connectivity index (χ0v) is 35.6. The molecule has 2 aliphatic heterocycles. The molecule has 64 heavy (non-hydrogen) atoms. The van der Waals surface area contributed by atoms with Crippen molar-refractivity contribution in [2.24, 2.45) is 5.92 Å². The lowest BCUT2D eigenvalue weighted by molar-refractivity contribution is -0.170. The van der Waals surface area contributed by atoms with Crippen LogP contribution >= 0.6 is 0 Å². The summed E-state index contributed by atoms with van der Waals surface area (Å²) >= 11 is 0. The van der Waals surface area contributed by atoms with Crippen LogP contribution < -0.4 is 20.2 Å². The lowest BCUT2D eigenvalue weighted by atomic mass is 9.87. The fourth-order valence-corrected chi connectivity index (χ4v) is 8.10. The van der Waals surface area contributed by atoms with Gasteiger partial charge in [-0.3, -0.25) is 9.59 Å². The Morgan fingerprint density at radius 3 is 2.17 bits per heavy atom. The molecule has 0 spiro atoms. The summed E-state index contributed by atoms with van der Waals surface area (Å²) in [6, 6.07) is 18.4. The predicted molar refractivity (Wildman–Crippen MR) is 225 cm³/mol. The Kier molecular flexibility index (Phi) is 14.2. The van der Waals surface area contributed by atoms with Gasteiger partial charge in [0.25, 0.3) is 0 Å². The highest BCUT2D eigenvalue weighted by atomic mass is 19.1. The Balaban J connectivity index is 0.880. The van der Waals surface area contributed by atoms with Gasteiger partial charge in [0.2, 0.25) is 6.29 Å². The minimum Gasteiger partial charge on any atom is -0.493 e. The van der Waals surface area contributed by atoms with Crippen molar-refractivity contribution in [2.75, 3.05) is 49.2 Å². The number of carbonyl (C=O) groups is 3. The van der Waals surface area contributed by atoms with E-state index in [1.54, 1.807) is 17.9 Å². The van der Waals surface area contributed by atoms with E-state index in [1.165, 1.54) is 41.0 Å². The van der Waals surface area contributed by atoms with E-state index in [0.29, 0.717) is 37.5 Å². The van der Waals surface area contributed by atoms with Crippen molar-refractivity contribution in [1.82, 2.24) is 29.1 Å². The van der Waals surface area contributed by atoms with Crippen molar-refractivity contribution >= 4 is 29.5 Å². The molecule has 5 atom stereocenters. The van der Waals surface area contributed by atoms with E-state index >= 15 is 4.39 Å². The largest absolute Gasteiger partial charge is 0.511 e. The Morgan fingerprint density at radius 1 is 0.875 bits per heavy atom. The van der Waals surface area contributed by atoms with E-state index in [4.69, 9.17) is 28.8 Å². The molecule has 1 unspecified atom stereocenters. The van der Waals surface area contributed by atoms with Crippen LogP contribution in [0.1, 0.15) is 58.1 Å². The molecule has 2 aliphatic rings. The number of carboxylic acid groups (broad SMARTS) is 1. The van der Waals surface area contributed by atoms with Gasteiger partial charge in [-0.15, -0.1) is 0 Å². The highest BCUT2D eigenvalue weighted by Crippen LogP contribution is 2.42. The van der Waals surface area contributed by atoms with Crippen molar-refractivity contribution in [2.45, 2.75) is 77.0 Å². The lowest BCUT2D eigenvalue weighted by Gasteiger charge is -2.37. The van der Waals surface area contributed by atoms with E-state index in [-0.39, 0.29) is 24.4 Å². The third-order valence-corrected chi connectivity index (χ3v) is 11.3. The normalized spacial score (nSPS) is 18.9. The van der Waals surface area contributed by atoms with Crippen LogP contribution in [0.15, 0.2) is 90.5 Å². The fraction of sp³-hybridized carbons (Fsp3) is 0.432. The van der Waals surface area contributed by atoms with Gasteiger partial charge in [-0.2, -0.15) is 10.2 Å². The standard InChI is InChI=1S/C44H50F2N8O10/c1-4-39(29(2)62-43(59)64-30(3)63-41(57)16-15-40(55)56)54-42(58)53(28-49-54)35-8-6-33(7-9-35)50-17-19-51(20-18-50)34-10-12-36(13-11-34)60-23-31-22-44(61-24-31,25-52-27-47-26-48-52)37-14-5-32(45)21-38(37)46/h5-14,21,26-31,39H,4,15-20,22-25H2,1-3H3,(H,55,56)/t29-,30?,31+,39-,44-/m0/s1. The summed E-state index contributed by atoms with van der Waals surface area (Å²) < 4.78 is 60.7. The number of piperazine rings is 1. The molecule has 1 N–H and O–H groups in total. The van der Waals surface area contributed by atoms with E-state index < -0.39 is 65.9 Å². The van der Waals surface area contributed by atoms with Crippen LogP contribution in [0.4, 0.5) is 25.0 Å². The Morgan fingerprint density at radius 2 is 1.55 bits per heavy atom. The highest BCUT2D eigenvalue weighted by molar-refractivity contribution is 5.76. The molecular weight excluding hydrogens is 839 g/mol. The van der Waals surface area contributed by atoms with Gasteiger partial charge in [0.15, 0.2) is 0 Å². The van der Waals surface area contributed by atoms with Crippen molar-refractivity contribution in [3.63, 3.8) is 0 Å². The minimum absolute atomic E-state index is 0.0470. The maximum absolute atomic E-state index is 15.0. The molecule has 2 saturated heterocycles. The van der Waals surface area contributed by atoms with Crippen molar-refractivity contribution < 1.29 is 52.0 Å². The summed E-state index contributed by atoms with van der Waals surface area (Å²) in [6.07, 6.45) is 1.11. The van der Waals surface area contributed by atoms with Gasteiger partial charge in [-0.05, 0) is 74.4 Å². The molecule has 20 heteroatoms. The van der Waals surface area contributed by atoms with Gasteiger partial charge in [-0.1, -0.05) is 13.0 Å². The third-order valence-electron chi connectivity index (χ3n) is 11.3. The van der Waals surface area contributed by atoms with Gasteiger partial charge >= 0.3 is 23.8 Å². The van der Waals surface area contributed by atoms with Gasteiger partial charge in [0, 0.05) is 62.0 Å². The van der Waals surface area contributed by atoms with Crippen LogP contribution in [0.5, 0.6) is 5.75 Å². The number of anilines is 2. The Hall–Kier alpha value is -6.83. The zero-order chi connectivity index (χ0) is 45.4. The first-order valence-electron chi connectivity index (χ1n) is 21.0. The zero-order valence-electron chi connectivity index (χ0n) is 35.6. The lowest BCUT2D eigenvalue weighted by Crippen LogP contribution is -2.46. The van der Waals surface area contributed by atoms with Crippen LogP contribution in [-0.2, 0) is 40.7 Å². The number of halogens is 2. The van der Waals surface area contributed by atoms with Crippen molar-refractivity contribution in [1.29, 1.82) is 0 Å². The van der Waals surface area contributed by atoms with Crippen molar-refractivity contribution in [3.05, 3.63) is 113 Å². The number of aromatic nitrogens is 6. The molecule has 2 aromatic heterocycles. The molecule has 340 valence electrons. The van der Waals surface area contributed by atoms with Gasteiger partial charge < -0.3 is 38.6 Å². The summed E-state index contributed by atoms with van der Waals surface area (Å²) in [5.74, 6) is -2.68. The number of hydrogen-bond donors (Lipinski definition) is 1. The summed E-state index contributed by atoms with van der Waals surface area (Å²) in [4.78, 5) is 56.9. The van der Waals surface area contributed by atoms with E-state index in [1.807, 2.05) is 55.5 Å². The number of hydrogen-bond acceptors (Lipinski definition) is 14. The summed E-state index contributed by atoms with van der Waals surface area (Å²) in [5, 5.41) is 17.2. The second kappa shape index (κ2) is 20.1. The number of aliphatic carboxylic acids is 1. The molecule has 3 aromatic carbocycles. The molecule has 0 aliphatic carbocycles. The molecule has 0 amide bonds. The van der Waals surface area contributed by atoms with E-state index in [2.05, 4.69) is 25.0 Å². The molecule has 18 nitrogen and oxygen atoms in total. The topological polar surface area (TPSA) is 195 Å². The summed E-state index contributed by atoms with van der Waals surface area (Å²) in [6.45, 7) is 8.72. The van der Waals surface area contributed by atoms with Crippen LogP contribution in [-0.4, -0.2) is 104 Å². The van der Waals surface area contributed by atoms with E-state index in [9.17, 15) is 23.6 Å². The molecule has 5 aromatic rings. The Labute approximate surface area is 366 Å². The number of ether oxygens (including phenoxy) is 5. The first-order valence-corrected chi connectivity index (χ1v) is 21.0. The monoisotopic (exact) mass is 888 g/mol. The molecule has 0 bridgehead atoms. The molecule has 0 radical (unpaired) electrons. The molecule has 0 saturated carbocycles. The predicted octanol–water partition coefficient (Wildman–Crippen LogP) is 5.49. The number of carboxylic acids is 1. The first-order chi connectivity index (χ1) is 30.8. The molecular formula is C44H50F2N8O10. The highest BCUT2D eigenvalue weighted by Gasteiger charge is 2.45. The van der Waals surface area contributed by atoms with E-state index in [0.717, 1.165) is 43.6 Å². The summed E-state index contributed by atoms with van der Waals surface area (Å²) in [7, 11) is 0. The minimum atomic E-state index is -1.31. The molecule has 2 fully saturated rings. The number of rotatable bonds is 18. The number of nitrogens with zero attached hydrogens (tertiary/aromatic N) is 8. The third kappa shape index (κ3) is 10.8. The molecule has 4 heterocycles. The maximum Gasteiger partial charge on any atom is 0.511 e. The summed E-state index contributed by atoms with van der Waals surface area (Å²) in [5.41, 5.74) is 1.47. The SMILES string of the molecule is CC[C@@H]([C@H](C)OC(=O)OC(C)OC(=O)CCC(=O)O)n1ncn(-c2ccc(N3CCN(c4ccc(OC[C@@H]5CO[C@@](Cn6cncn6)(c6ccc(F)cc6F)C5)cc4)CC3)cc2)c1=O. The fourth-order valence-electron chi connectivity index (χ4n) is 8.10. The van der Waals surface area contributed by atoms with Crippen molar-refractivity contribution in [3.8, 4) is 11.4 Å². The molecule has 7 rings (SSSR count). The van der Waals surface area contributed by atoms with Crippen LogP contribution in [0, 0.1) is 17.6 Å². The number of benzene rings is 3. The quantitative estimate of drug-likeness (QED) is 0.0857. The van der Waals surface area contributed by atoms with Gasteiger partial charge in [0.05, 0.1) is 44.3 Å². The average molecular weight is 889 g/mol. The maximum atomic E-state index is 15.0. The van der Waals surface area contributed by atoms with Gasteiger partial charge in [-0.25, -0.2) is 37.3 Å². The van der Waals surface area contributed by atoms with Crippen LogP contribution in [0.2, 0.25) is 0 Å².